The van der Waals surface area contributed by atoms with Crippen molar-refractivity contribution in [2.24, 2.45) is 0 Å². The first-order valence-electron chi connectivity index (χ1n) is 7.43. The van der Waals surface area contributed by atoms with Gasteiger partial charge in [-0.05, 0) is 41.4 Å². The van der Waals surface area contributed by atoms with E-state index in [1.165, 1.54) is 6.07 Å². The molecule has 0 amide bonds. The molecule has 2 aromatic carbocycles. The molecule has 1 unspecified atom stereocenters. The van der Waals surface area contributed by atoms with Crippen LogP contribution in [0, 0.1) is 27.5 Å². The summed E-state index contributed by atoms with van der Waals surface area (Å²) in [7, 11) is 0. The Balaban J connectivity index is 0.000000220. The lowest BCUT2D eigenvalue weighted by atomic mass is 10.2. The predicted octanol–water partition coefficient (Wildman–Crippen LogP) is 4.26. The molecule has 1 aromatic heterocycles. The number of phenols is 1. The van der Waals surface area contributed by atoms with Crippen LogP contribution in [0.15, 0.2) is 40.8 Å². The topological polar surface area (TPSA) is 123 Å². The van der Waals surface area contributed by atoms with Crippen LogP contribution in [0.4, 0.5) is 5.69 Å². The minimum Gasteiger partial charge on any atom is -0.506 e. The number of aromatic amines is 1. The molecule has 0 aliphatic carbocycles. The van der Waals surface area contributed by atoms with Gasteiger partial charge in [0.25, 0.3) is 4.84 Å². The molecule has 0 bridgehead atoms. The number of fused-ring (bicyclic) bond motifs is 1. The molecule has 3 aromatic rings. The van der Waals surface area contributed by atoms with Crippen molar-refractivity contribution in [2.45, 2.75) is 0 Å². The Morgan fingerprint density at radius 1 is 1.33 bits per heavy atom. The lowest BCUT2D eigenvalue weighted by molar-refractivity contribution is 0.478. The van der Waals surface area contributed by atoms with Crippen LogP contribution in [0.1, 0.15) is 13.9 Å². The molecule has 6 nitrogen and oxygen atoms in total. The van der Waals surface area contributed by atoms with Gasteiger partial charge in [0.15, 0.2) is 5.58 Å². The van der Waals surface area contributed by atoms with Crippen molar-refractivity contribution < 1.29 is 12.3 Å². The second kappa shape index (κ2) is 9.55. The highest BCUT2D eigenvalue weighted by Gasteiger charge is 2.02. The van der Waals surface area contributed by atoms with E-state index in [1.54, 1.807) is 52.9 Å². The van der Waals surface area contributed by atoms with Gasteiger partial charge in [-0.2, -0.15) is 10.5 Å². The molecule has 24 heavy (non-hydrogen) atoms. The van der Waals surface area contributed by atoms with Crippen LogP contribution >= 0.6 is 34.8 Å². The maximum absolute atomic E-state index is 8.96. The Hall–Kier alpha value is -2.56. The van der Waals surface area contributed by atoms with Crippen LogP contribution in [-0.2, 0) is 0 Å². The van der Waals surface area contributed by atoms with Crippen molar-refractivity contribution >= 4 is 51.6 Å². The van der Waals surface area contributed by atoms with E-state index >= 15 is 0 Å². The standard InChI is InChI=1S/C8H4N2OS.C7H6N2O.CH3I/c9-4-5-2-1-3-6-7(5)10-8(12)11-6;8-4-5-2-1-3-6(10)7(5)9;1-2/h1-3H,(H,10,12);1-3,10H,9H2;1H3/i;;1TD. The largest absolute Gasteiger partial charge is 0.506 e. The lowest BCUT2D eigenvalue weighted by Crippen LogP contribution is -1.89. The van der Waals surface area contributed by atoms with E-state index in [9.17, 15) is 0 Å². The molecule has 1 atom stereocenters. The van der Waals surface area contributed by atoms with Crippen molar-refractivity contribution in [1.82, 2.24) is 4.98 Å². The summed E-state index contributed by atoms with van der Waals surface area (Å²) in [5, 5.41) is 26.1. The number of nitrogens with two attached hydrogens (primary N) is 1. The van der Waals surface area contributed by atoms with E-state index < -0.39 is 4.88 Å². The third-order valence-electron chi connectivity index (χ3n) is 2.78. The minimum absolute atomic E-state index is 0.0425. The number of aromatic nitrogens is 1. The second-order valence-corrected chi connectivity index (χ2v) is 4.53. The molecule has 3 rings (SSSR count). The fourth-order valence-electron chi connectivity index (χ4n) is 1.72. The monoisotopic (exact) mass is 455 g/mol. The number of anilines is 1. The van der Waals surface area contributed by atoms with Crippen LogP contribution in [0.2, 0.25) is 0 Å². The van der Waals surface area contributed by atoms with Gasteiger partial charge in [-0.1, -0.05) is 34.7 Å². The van der Waals surface area contributed by atoms with Gasteiger partial charge in [0.2, 0.25) is 0 Å². The number of hydrogen-bond donors (Lipinski definition) is 3. The van der Waals surface area contributed by atoms with Crippen molar-refractivity contribution in [2.75, 3.05) is 10.6 Å². The van der Waals surface area contributed by atoms with Crippen LogP contribution < -0.4 is 5.73 Å². The highest BCUT2D eigenvalue weighted by molar-refractivity contribution is 14.1. The number of nitrogen functional groups attached to an aromatic ring is 1. The highest BCUT2D eigenvalue weighted by atomic mass is 127. The van der Waals surface area contributed by atoms with Gasteiger partial charge < -0.3 is 20.2 Å². The molecule has 0 spiro atoms. The van der Waals surface area contributed by atoms with E-state index in [1.807, 2.05) is 12.1 Å². The average Bonchev–Trinajstić information content (AvgIpc) is 2.97. The Morgan fingerprint density at radius 2 is 1.92 bits per heavy atom. The van der Waals surface area contributed by atoms with E-state index in [0.717, 1.165) is 0 Å². The summed E-state index contributed by atoms with van der Waals surface area (Å²) in [5.74, 6) is -0.0425. The first-order chi connectivity index (χ1) is 12.3. The van der Waals surface area contributed by atoms with Gasteiger partial charge in [-0.3, -0.25) is 0 Å². The van der Waals surface area contributed by atoms with Crippen LogP contribution in [0.5, 0.6) is 5.75 Å². The molecule has 0 saturated heterocycles. The van der Waals surface area contributed by atoms with Crippen molar-refractivity contribution in [3.8, 4) is 17.9 Å². The molecule has 0 fully saturated rings. The highest BCUT2D eigenvalue weighted by Crippen LogP contribution is 2.22. The number of hydrogen-bond acceptors (Lipinski definition) is 6. The van der Waals surface area contributed by atoms with Crippen molar-refractivity contribution in [3.05, 3.63) is 52.4 Å². The first kappa shape index (κ1) is 16.3. The molecular weight excluding hydrogens is 439 g/mol. The minimum atomic E-state index is -0.697. The Bertz CT molecular complexity index is 1020. The van der Waals surface area contributed by atoms with E-state index in [4.69, 9.17) is 40.7 Å². The maximum Gasteiger partial charge on any atom is 0.266 e. The summed E-state index contributed by atoms with van der Waals surface area (Å²) < 4.78 is 17.6. The smallest absolute Gasteiger partial charge is 0.266 e. The van der Waals surface area contributed by atoms with Crippen molar-refractivity contribution in [1.29, 1.82) is 10.5 Å². The number of para-hydroxylation sites is 2. The number of phenolic OH excluding ortho intramolecular Hbond substituents is 1. The average molecular weight is 455 g/mol. The summed E-state index contributed by atoms with van der Waals surface area (Å²) >= 11 is 6.47. The number of rotatable bonds is 0. The second-order valence-electron chi connectivity index (χ2n) is 4.16. The van der Waals surface area contributed by atoms with E-state index in [2.05, 4.69) is 4.98 Å². The zero-order chi connectivity index (χ0) is 19.7. The maximum atomic E-state index is 8.96. The molecule has 4 N–H and O–H groups in total. The molecule has 0 aliphatic heterocycles. The number of alkyl halides is 1. The lowest BCUT2D eigenvalue weighted by Gasteiger charge is -1.97. The Kier molecular flexibility index (Phi) is 6.49. The molecule has 122 valence electrons. The Labute approximate surface area is 160 Å². The fourth-order valence-corrected chi connectivity index (χ4v) is 1.91. The third kappa shape index (κ3) is 4.72. The number of benzene rings is 2. The van der Waals surface area contributed by atoms with E-state index in [0.29, 0.717) is 27.1 Å². The normalized spacial score (nSPS) is 11.3. The molecule has 1 heterocycles. The number of nitriles is 2. The summed E-state index contributed by atoms with van der Waals surface area (Å²) in [6, 6.07) is 13.7. The van der Waals surface area contributed by atoms with Gasteiger partial charge in [0.05, 0.1) is 16.8 Å². The number of nitrogens with one attached hydrogen (secondary N) is 1. The first-order valence-corrected chi connectivity index (χ1v) is 7.93. The van der Waals surface area contributed by atoms with Gasteiger partial charge in [-0.25, -0.2) is 0 Å². The zero-order valence-corrected chi connectivity index (χ0v) is 15.1. The number of H-pyrrole nitrogens is 1. The van der Waals surface area contributed by atoms with Crippen LogP contribution in [0.3, 0.4) is 0 Å². The van der Waals surface area contributed by atoms with Gasteiger partial charge in [0.1, 0.15) is 23.4 Å². The number of halogens is 1. The quantitative estimate of drug-likeness (QED) is 0.153. The summed E-state index contributed by atoms with van der Waals surface area (Å²) in [4.78, 5) is 2.41. The number of oxazole rings is 1. The van der Waals surface area contributed by atoms with Crippen molar-refractivity contribution in [3.63, 3.8) is 0 Å². The van der Waals surface area contributed by atoms with Gasteiger partial charge >= 0.3 is 0 Å². The van der Waals surface area contributed by atoms with Gasteiger partial charge in [-0.15, -0.1) is 0 Å². The SMILES string of the molecule is N#Cc1cccc(O)c1N.N#Cc1cccc2oc(=S)[nH]c12.[2H]C([3H])I. The van der Waals surface area contributed by atoms with Gasteiger partial charge in [0, 0.05) is 2.74 Å². The zero-order valence-electron chi connectivity index (χ0n) is 14.2. The van der Waals surface area contributed by atoms with E-state index in [-0.39, 0.29) is 11.4 Å². The Morgan fingerprint density at radius 3 is 2.50 bits per heavy atom. The summed E-state index contributed by atoms with van der Waals surface area (Å²) in [6.45, 7) is 0. The summed E-state index contributed by atoms with van der Waals surface area (Å²) in [5.41, 5.74) is 7.61. The molecular formula is C16H13IN4O2S. The third-order valence-corrected chi connectivity index (χ3v) is 2.97. The molecule has 8 heteroatoms. The summed E-state index contributed by atoms with van der Waals surface area (Å²) in [6.07, 6.45) is 0. The number of aromatic hydroxyl groups is 1. The van der Waals surface area contributed by atoms with Crippen LogP contribution in [0.25, 0.3) is 11.1 Å². The fraction of sp³-hybridized carbons (Fsp3) is 0.0625. The van der Waals surface area contributed by atoms with Crippen LogP contribution in [-0.4, -0.2) is 15.0 Å². The number of nitrogens with zero attached hydrogens (tertiary/aromatic N) is 2. The predicted molar refractivity (Wildman–Crippen MR) is 103 cm³/mol. The molecule has 0 saturated carbocycles. The molecule has 0 aliphatic rings. The molecule has 0 radical (unpaired) electrons.